The van der Waals surface area contributed by atoms with Gasteiger partial charge in [-0.25, -0.2) is 0 Å². The molecule has 0 unspecified atom stereocenters. The van der Waals surface area contributed by atoms with Gasteiger partial charge in [0.15, 0.2) is 0 Å². The zero-order valence-corrected chi connectivity index (χ0v) is 46.3. The number of likely N-dealkylation sites (N-methyl/N-ethyl adjacent to an activating group) is 2. The number of carbonyl (C=O) groups is 8. The molecule has 4 aliphatic rings. The van der Waals surface area contributed by atoms with Gasteiger partial charge >= 0.3 is 0 Å². The molecule has 18 nitrogen and oxygen atoms in total. The summed E-state index contributed by atoms with van der Waals surface area (Å²) in [7, 11) is 3.29. The van der Waals surface area contributed by atoms with E-state index in [1.807, 2.05) is 36.4 Å². The van der Waals surface area contributed by atoms with Crippen LogP contribution in [0.3, 0.4) is 0 Å². The van der Waals surface area contributed by atoms with Crippen LogP contribution in [0, 0.1) is 11.8 Å². The molecule has 2 heterocycles. The second-order valence-corrected chi connectivity index (χ2v) is 21.4. The highest BCUT2D eigenvalue weighted by atomic mass is 16.2. The number of amides is 8. The van der Waals surface area contributed by atoms with E-state index in [0.29, 0.717) is 61.3 Å². The lowest BCUT2D eigenvalue weighted by Gasteiger charge is -2.32. The highest BCUT2D eigenvalue weighted by Gasteiger charge is 2.41. The van der Waals surface area contributed by atoms with E-state index in [4.69, 9.17) is 0 Å². The summed E-state index contributed by atoms with van der Waals surface area (Å²) in [6.07, 6.45) is 7.66. The summed E-state index contributed by atoms with van der Waals surface area (Å²) in [4.78, 5) is 112. The summed E-state index contributed by atoms with van der Waals surface area (Å²) in [5, 5.41) is 23.6. The molecule has 0 bridgehead atoms. The molecular weight excluding hydrogens is 1010 g/mol. The van der Waals surface area contributed by atoms with Gasteiger partial charge in [-0.1, -0.05) is 60.4 Å². The highest BCUT2D eigenvalue weighted by Crippen LogP contribution is 2.32. The number of rotatable bonds is 20. The van der Waals surface area contributed by atoms with E-state index in [1.54, 1.807) is 86.3 Å². The van der Waals surface area contributed by atoms with Crippen LogP contribution in [0.4, 0.5) is 11.4 Å². The minimum atomic E-state index is -1.03. The third kappa shape index (κ3) is 15.1. The van der Waals surface area contributed by atoms with Gasteiger partial charge in [0, 0.05) is 48.4 Å². The van der Waals surface area contributed by atoms with Crippen LogP contribution in [0.5, 0.6) is 0 Å². The average molecular weight is 1090 g/mol. The number of hydrogen-bond acceptors (Lipinski definition) is 10. The van der Waals surface area contributed by atoms with Crippen molar-refractivity contribution < 1.29 is 38.4 Å². The summed E-state index contributed by atoms with van der Waals surface area (Å²) >= 11 is 0. The molecule has 2 fully saturated rings. The lowest BCUT2D eigenvalue weighted by molar-refractivity contribution is -0.142. The van der Waals surface area contributed by atoms with Crippen molar-refractivity contribution in [3.05, 3.63) is 130 Å². The Labute approximate surface area is 469 Å². The predicted octanol–water partition coefficient (Wildman–Crippen LogP) is 5.08. The predicted molar refractivity (Wildman–Crippen MR) is 305 cm³/mol. The first kappa shape index (κ1) is 58.3. The van der Waals surface area contributed by atoms with E-state index in [-0.39, 0.29) is 61.4 Å². The Bertz CT molecular complexity index is 2760. The van der Waals surface area contributed by atoms with Gasteiger partial charge < -0.3 is 52.3 Å². The maximum absolute atomic E-state index is 14.2. The van der Waals surface area contributed by atoms with E-state index in [9.17, 15) is 38.4 Å². The fourth-order valence-electron chi connectivity index (χ4n) is 11.1. The Kier molecular flexibility index (Phi) is 20.3. The average Bonchev–Trinajstić information content (AvgIpc) is 4.19. The second kappa shape index (κ2) is 27.8. The van der Waals surface area contributed by atoms with Gasteiger partial charge in [0.2, 0.25) is 47.3 Å². The Balaban J connectivity index is 0.815. The number of nitrogens with one attached hydrogen (secondary N) is 8. The fourth-order valence-corrected chi connectivity index (χ4v) is 11.1. The lowest BCUT2D eigenvalue weighted by Crippen LogP contribution is -2.55. The number of fused-ring (bicyclic) bond motifs is 2. The molecule has 8 N–H and O–H groups in total. The van der Waals surface area contributed by atoms with Crippen molar-refractivity contribution in [3.63, 3.8) is 0 Å². The Morgan fingerprint density at radius 3 is 1.29 bits per heavy atom. The molecule has 18 heteroatoms. The van der Waals surface area contributed by atoms with Gasteiger partial charge in [0.25, 0.3) is 0 Å². The summed E-state index contributed by atoms with van der Waals surface area (Å²) in [5.41, 5.74) is 7.05. The summed E-state index contributed by atoms with van der Waals surface area (Å²) < 4.78 is 0. The molecule has 8 atom stereocenters. The van der Waals surface area contributed by atoms with Crippen LogP contribution < -0.4 is 42.5 Å². The third-order valence-corrected chi connectivity index (χ3v) is 15.9. The quantitative estimate of drug-likeness (QED) is 0.0547. The minimum absolute atomic E-state index is 0.0240. The lowest BCUT2D eigenvalue weighted by atomic mass is 9.87. The smallest absolute Gasteiger partial charge is 0.245 e. The van der Waals surface area contributed by atoms with Crippen molar-refractivity contribution in [1.82, 2.24) is 41.7 Å². The van der Waals surface area contributed by atoms with Gasteiger partial charge in [0.05, 0.1) is 24.2 Å². The number of anilines is 2. The van der Waals surface area contributed by atoms with Crippen molar-refractivity contribution in [2.75, 3.05) is 37.8 Å². The molecule has 422 valence electrons. The fraction of sp³-hybridized carbons (Fsp3) is 0.452. The van der Waals surface area contributed by atoms with Crippen LogP contribution in [0.15, 0.2) is 97.1 Å². The number of nitrogens with zero attached hydrogens (tertiary/aromatic N) is 2. The molecule has 0 aromatic heterocycles. The number of hydrogen-bond donors (Lipinski definition) is 8. The number of carbonyl (C=O) groups excluding carboxylic acids is 8. The molecule has 8 rings (SSSR count). The van der Waals surface area contributed by atoms with Gasteiger partial charge in [0.1, 0.15) is 24.2 Å². The molecule has 2 aliphatic heterocycles. The number of likely N-dealkylation sites (tertiary alicyclic amines) is 2. The van der Waals surface area contributed by atoms with Crippen LogP contribution in [0.1, 0.15) is 136 Å². The van der Waals surface area contributed by atoms with Crippen LogP contribution in [0.25, 0.3) is 0 Å². The van der Waals surface area contributed by atoms with Crippen molar-refractivity contribution >= 4 is 58.6 Å². The second-order valence-electron chi connectivity index (χ2n) is 21.4. The van der Waals surface area contributed by atoms with Crippen LogP contribution in [-0.2, 0) is 51.2 Å². The molecule has 0 spiro atoms. The Morgan fingerprint density at radius 1 is 0.512 bits per heavy atom. The van der Waals surface area contributed by atoms with E-state index < -0.39 is 59.9 Å². The van der Waals surface area contributed by atoms with Gasteiger partial charge in [-0.3, -0.25) is 38.4 Å². The Morgan fingerprint density at radius 2 is 0.900 bits per heavy atom. The number of benzene rings is 4. The summed E-state index contributed by atoms with van der Waals surface area (Å²) in [6.45, 7) is 4.09. The van der Waals surface area contributed by atoms with Crippen molar-refractivity contribution in [2.24, 2.45) is 0 Å². The summed E-state index contributed by atoms with van der Waals surface area (Å²) in [5.74, 6) is 3.51. The van der Waals surface area contributed by atoms with Crippen molar-refractivity contribution in [1.29, 1.82) is 0 Å². The standard InChI is InChI=1S/C62H76N10O8/c1-39(63-3)57(75)69-51(61(79)71-37-11-21-53(71)59(77)67-49-19-9-15-43-13-5-7-17-47(43)49)33-35-55(73)65-45-29-25-41(26-30-45)23-24-42-27-31-46(32-28-42)66-56(74)36-34-52(70-58(76)40(2)64-4)62(80)72-38-12-22-54(72)60(78)68-50-20-10-16-44-14-6-8-18-48(44)50/h5-8,13-14,17-18,25-32,39-40,49-54,63-64H,9-12,15-16,19-22,33-38H2,1-4H3,(H,65,73)(H,66,74)(H,67,77)(H,68,78)(H,69,75)(H,70,76)/t39-,40-,49+,50+,51-,52-,53-,54-/m0/s1. The maximum atomic E-state index is 14.2. The zero-order valence-electron chi connectivity index (χ0n) is 46.3. The molecule has 2 aliphatic carbocycles. The first-order valence-corrected chi connectivity index (χ1v) is 28.3. The SMILES string of the molecule is CN[C@@H](C)C(=O)N[C@@H](CCC(=O)Nc1ccc(C#Cc2ccc(NC(=O)CC[C@H](NC(=O)[C@H](C)NC)C(=O)N3CCC[C@H]3C(=O)N[C@@H]3CCCc4ccccc43)cc2)cc1)C(=O)N1CCC[C@H]1C(=O)N[C@@H]1CCCc2ccccc21. The van der Waals surface area contributed by atoms with E-state index in [2.05, 4.69) is 66.5 Å². The Hall–Kier alpha value is -7.88. The van der Waals surface area contributed by atoms with E-state index in [1.165, 1.54) is 11.1 Å². The maximum Gasteiger partial charge on any atom is 0.245 e. The normalized spacial score (nSPS) is 19.8. The molecule has 4 aromatic carbocycles. The first-order valence-electron chi connectivity index (χ1n) is 28.3. The molecule has 2 saturated heterocycles. The molecule has 80 heavy (non-hydrogen) atoms. The molecule has 0 saturated carbocycles. The highest BCUT2D eigenvalue weighted by molar-refractivity contribution is 5.97. The largest absolute Gasteiger partial charge is 0.347 e. The van der Waals surface area contributed by atoms with Crippen LogP contribution >= 0.6 is 0 Å². The van der Waals surface area contributed by atoms with E-state index in [0.717, 1.165) is 49.7 Å². The van der Waals surface area contributed by atoms with Crippen molar-refractivity contribution in [3.8, 4) is 11.8 Å². The third-order valence-electron chi connectivity index (χ3n) is 15.9. The van der Waals surface area contributed by atoms with Gasteiger partial charge in [-0.2, -0.15) is 0 Å². The van der Waals surface area contributed by atoms with Crippen molar-refractivity contribution in [2.45, 2.75) is 152 Å². The van der Waals surface area contributed by atoms with Crippen LogP contribution in [-0.4, -0.2) is 120 Å². The molecule has 4 aromatic rings. The molecule has 8 amide bonds. The first-order chi connectivity index (χ1) is 38.7. The van der Waals surface area contributed by atoms with E-state index >= 15 is 0 Å². The zero-order chi connectivity index (χ0) is 56.7. The van der Waals surface area contributed by atoms with Gasteiger partial charge in [-0.15, -0.1) is 0 Å². The van der Waals surface area contributed by atoms with Gasteiger partial charge in [-0.05, 0) is 176 Å². The minimum Gasteiger partial charge on any atom is -0.347 e. The molecular formula is C62H76N10O8. The monoisotopic (exact) mass is 1090 g/mol. The summed E-state index contributed by atoms with van der Waals surface area (Å²) in [6, 6.07) is 25.3. The topological polar surface area (TPSA) is 239 Å². The number of aryl methyl sites for hydroxylation is 2. The molecule has 0 radical (unpaired) electrons. The van der Waals surface area contributed by atoms with Crippen LogP contribution in [0.2, 0.25) is 0 Å².